The molecule has 1 aliphatic heterocycles. The maximum Gasteiger partial charge on any atom is 0.326 e. The predicted molar refractivity (Wildman–Crippen MR) is 88.9 cm³/mol. The number of rotatable bonds is 3. The molecule has 0 spiro atoms. The number of carbonyl (C=O) groups is 2. The zero-order valence-corrected chi connectivity index (χ0v) is 13.8. The molecule has 1 amide bonds. The van der Waals surface area contributed by atoms with Crippen LogP contribution in [0.15, 0.2) is 29.6 Å². The maximum atomic E-state index is 12.6. The highest BCUT2D eigenvalue weighted by Gasteiger charge is 2.33. The molecule has 7 heteroatoms. The Morgan fingerprint density at radius 3 is 2.70 bits per heavy atom. The fraction of sp³-hybridized carbons (Fsp3) is 0.312. The number of hydrogen-bond donors (Lipinski definition) is 1. The SMILES string of the molecule is O=C(O)C1CCCCN1C(=O)c1csc(-c2ccc(Cl)cc2)n1. The van der Waals surface area contributed by atoms with Gasteiger partial charge in [-0.3, -0.25) is 4.79 Å². The first kappa shape index (κ1) is 16.0. The average molecular weight is 351 g/mol. The molecule has 1 unspecified atom stereocenters. The number of carboxylic acids is 1. The van der Waals surface area contributed by atoms with E-state index in [1.807, 2.05) is 12.1 Å². The van der Waals surface area contributed by atoms with Crippen molar-refractivity contribution in [3.63, 3.8) is 0 Å². The molecule has 1 saturated heterocycles. The third kappa shape index (κ3) is 3.38. The Kier molecular flexibility index (Phi) is 4.63. The molecule has 1 aromatic heterocycles. The number of hydrogen-bond acceptors (Lipinski definition) is 4. The fourth-order valence-electron chi connectivity index (χ4n) is 2.68. The number of aromatic nitrogens is 1. The summed E-state index contributed by atoms with van der Waals surface area (Å²) in [7, 11) is 0. The second-order valence-corrected chi connectivity index (χ2v) is 6.69. The van der Waals surface area contributed by atoms with Crippen molar-refractivity contribution in [3.05, 3.63) is 40.4 Å². The number of amides is 1. The minimum atomic E-state index is -0.953. The van der Waals surface area contributed by atoms with Crippen LogP contribution in [0, 0.1) is 0 Å². The highest BCUT2D eigenvalue weighted by atomic mass is 35.5. The van der Waals surface area contributed by atoms with Gasteiger partial charge in [0.15, 0.2) is 0 Å². The molecule has 2 aromatic rings. The van der Waals surface area contributed by atoms with E-state index in [1.54, 1.807) is 17.5 Å². The lowest BCUT2D eigenvalue weighted by Crippen LogP contribution is -2.48. The topological polar surface area (TPSA) is 70.5 Å². The van der Waals surface area contributed by atoms with E-state index in [9.17, 15) is 14.7 Å². The summed E-state index contributed by atoms with van der Waals surface area (Å²) >= 11 is 7.23. The molecule has 1 fully saturated rings. The summed E-state index contributed by atoms with van der Waals surface area (Å²) in [4.78, 5) is 29.7. The number of thiazole rings is 1. The van der Waals surface area contributed by atoms with Crippen LogP contribution >= 0.6 is 22.9 Å². The van der Waals surface area contributed by atoms with Crippen molar-refractivity contribution in [2.45, 2.75) is 25.3 Å². The second kappa shape index (κ2) is 6.68. The molecule has 0 saturated carbocycles. The summed E-state index contributed by atoms with van der Waals surface area (Å²) in [5.74, 6) is -1.26. The zero-order chi connectivity index (χ0) is 16.4. The molecule has 3 rings (SSSR count). The van der Waals surface area contributed by atoms with E-state index in [-0.39, 0.29) is 5.91 Å². The van der Waals surface area contributed by atoms with Crippen LogP contribution in [0.4, 0.5) is 0 Å². The largest absolute Gasteiger partial charge is 0.480 e. The highest BCUT2D eigenvalue weighted by Crippen LogP contribution is 2.27. The number of carbonyl (C=O) groups excluding carboxylic acids is 1. The van der Waals surface area contributed by atoms with Crippen molar-refractivity contribution in [2.75, 3.05) is 6.54 Å². The van der Waals surface area contributed by atoms with Gasteiger partial charge in [0, 0.05) is 22.5 Å². The molecule has 0 bridgehead atoms. The van der Waals surface area contributed by atoms with Crippen LogP contribution < -0.4 is 0 Å². The van der Waals surface area contributed by atoms with Crippen LogP contribution in [0.3, 0.4) is 0 Å². The van der Waals surface area contributed by atoms with E-state index in [2.05, 4.69) is 4.98 Å². The Morgan fingerprint density at radius 2 is 2.00 bits per heavy atom. The third-order valence-electron chi connectivity index (χ3n) is 3.86. The fourth-order valence-corrected chi connectivity index (χ4v) is 3.60. The molecule has 1 N–H and O–H groups in total. The number of nitrogens with zero attached hydrogens (tertiary/aromatic N) is 2. The Bertz CT molecular complexity index is 729. The Labute approximate surface area is 142 Å². The predicted octanol–water partition coefficient (Wildman–Crippen LogP) is 3.54. The van der Waals surface area contributed by atoms with Gasteiger partial charge in [-0.15, -0.1) is 11.3 Å². The summed E-state index contributed by atoms with van der Waals surface area (Å²) in [5.41, 5.74) is 1.18. The van der Waals surface area contributed by atoms with Crippen molar-refractivity contribution < 1.29 is 14.7 Å². The van der Waals surface area contributed by atoms with E-state index >= 15 is 0 Å². The van der Waals surface area contributed by atoms with Gasteiger partial charge in [-0.2, -0.15) is 0 Å². The molecule has 1 atom stereocenters. The van der Waals surface area contributed by atoms with E-state index in [1.165, 1.54) is 16.2 Å². The van der Waals surface area contributed by atoms with Gasteiger partial charge in [-0.05, 0) is 31.4 Å². The first-order chi connectivity index (χ1) is 11.1. The molecular weight excluding hydrogens is 336 g/mol. The highest BCUT2D eigenvalue weighted by molar-refractivity contribution is 7.13. The Balaban J connectivity index is 1.83. The van der Waals surface area contributed by atoms with E-state index < -0.39 is 12.0 Å². The number of likely N-dealkylation sites (tertiary alicyclic amines) is 1. The van der Waals surface area contributed by atoms with Gasteiger partial charge in [0.25, 0.3) is 5.91 Å². The number of carboxylic acid groups (broad SMARTS) is 1. The zero-order valence-electron chi connectivity index (χ0n) is 12.2. The van der Waals surface area contributed by atoms with Crippen molar-refractivity contribution >= 4 is 34.8 Å². The summed E-state index contributed by atoms with van der Waals surface area (Å²) in [5, 5.41) is 12.3. The standard InChI is InChI=1S/C16H15ClN2O3S/c17-11-6-4-10(5-7-11)14-18-12(9-23-14)15(20)19-8-2-1-3-13(19)16(21)22/h4-7,9,13H,1-3,8H2,(H,21,22). The summed E-state index contributed by atoms with van der Waals surface area (Å²) < 4.78 is 0. The minimum Gasteiger partial charge on any atom is -0.480 e. The van der Waals surface area contributed by atoms with Crippen LogP contribution in [-0.4, -0.2) is 39.5 Å². The molecule has 120 valence electrons. The molecule has 0 radical (unpaired) electrons. The van der Waals surface area contributed by atoms with Gasteiger partial charge in [0.2, 0.25) is 0 Å². The van der Waals surface area contributed by atoms with Crippen molar-refractivity contribution in [3.8, 4) is 10.6 Å². The summed E-state index contributed by atoms with van der Waals surface area (Å²) in [6, 6.07) is 6.47. The van der Waals surface area contributed by atoms with Gasteiger partial charge >= 0.3 is 5.97 Å². The van der Waals surface area contributed by atoms with E-state index in [0.29, 0.717) is 28.7 Å². The van der Waals surface area contributed by atoms with E-state index in [0.717, 1.165) is 18.4 Å². The molecule has 0 aliphatic carbocycles. The van der Waals surface area contributed by atoms with Crippen molar-refractivity contribution in [2.24, 2.45) is 0 Å². The van der Waals surface area contributed by atoms with Crippen LogP contribution in [0.2, 0.25) is 5.02 Å². The number of benzene rings is 1. The summed E-state index contributed by atoms with van der Waals surface area (Å²) in [6.45, 7) is 0.462. The third-order valence-corrected chi connectivity index (χ3v) is 5.01. The Morgan fingerprint density at radius 1 is 1.26 bits per heavy atom. The lowest BCUT2D eigenvalue weighted by Gasteiger charge is -2.32. The minimum absolute atomic E-state index is 0.299. The molecule has 23 heavy (non-hydrogen) atoms. The monoisotopic (exact) mass is 350 g/mol. The lowest BCUT2D eigenvalue weighted by molar-refractivity contribution is -0.143. The van der Waals surface area contributed by atoms with Gasteiger partial charge in [0.05, 0.1) is 0 Å². The first-order valence-corrected chi connectivity index (χ1v) is 8.57. The Hall–Kier alpha value is -1.92. The number of halogens is 1. The second-order valence-electron chi connectivity index (χ2n) is 5.39. The van der Waals surface area contributed by atoms with Crippen LogP contribution in [0.5, 0.6) is 0 Å². The van der Waals surface area contributed by atoms with Gasteiger partial charge in [0.1, 0.15) is 16.7 Å². The average Bonchev–Trinajstić information content (AvgIpc) is 3.04. The van der Waals surface area contributed by atoms with Gasteiger partial charge < -0.3 is 10.0 Å². The van der Waals surface area contributed by atoms with Crippen LogP contribution in [-0.2, 0) is 4.79 Å². The first-order valence-electron chi connectivity index (χ1n) is 7.31. The molecule has 1 aromatic carbocycles. The van der Waals surface area contributed by atoms with Crippen molar-refractivity contribution in [1.82, 2.24) is 9.88 Å². The van der Waals surface area contributed by atoms with E-state index in [4.69, 9.17) is 11.6 Å². The molecule has 2 heterocycles. The lowest BCUT2D eigenvalue weighted by atomic mass is 10.0. The molecular formula is C16H15ClN2O3S. The maximum absolute atomic E-state index is 12.6. The summed E-state index contributed by atoms with van der Waals surface area (Å²) in [6.07, 6.45) is 2.15. The van der Waals surface area contributed by atoms with Gasteiger partial charge in [-0.25, -0.2) is 9.78 Å². The van der Waals surface area contributed by atoms with Crippen molar-refractivity contribution in [1.29, 1.82) is 0 Å². The van der Waals surface area contributed by atoms with Gasteiger partial charge in [-0.1, -0.05) is 23.7 Å². The quantitative estimate of drug-likeness (QED) is 0.919. The molecule has 5 nitrogen and oxygen atoms in total. The normalized spacial score (nSPS) is 18.0. The molecule has 1 aliphatic rings. The van der Waals surface area contributed by atoms with Crippen LogP contribution in [0.1, 0.15) is 29.8 Å². The number of aliphatic carboxylic acids is 1. The number of piperidine rings is 1. The van der Waals surface area contributed by atoms with Crippen LogP contribution in [0.25, 0.3) is 10.6 Å². The smallest absolute Gasteiger partial charge is 0.326 e.